The molecule has 2 atom stereocenters. The van der Waals surface area contributed by atoms with Crippen LogP contribution in [0.1, 0.15) is 37.3 Å². The number of aromatic nitrogens is 2. The van der Waals surface area contributed by atoms with Crippen LogP contribution in [-0.2, 0) is 0 Å². The molecule has 1 heterocycles. The zero-order valence-corrected chi connectivity index (χ0v) is 10.5. The highest BCUT2D eigenvalue weighted by molar-refractivity contribution is 5.53. The Morgan fingerprint density at radius 2 is 1.94 bits per heavy atom. The van der Waals surface area contributed by atoms with Gasteiger partial charge in [-0.3, -0.25) is 9.97 Å². The standard InChI is InChI=1S/C14H17N3O/c1-10(14-9-15-7-8-16-14)17-13-6-4-3-5-12(13)11(2)18/h3-11,17-18H,1-2H3. The second-order valence-electron chi connectivity index (χ2n) is 4.26. The SMILES string of the molecule is CC(O)c1ccccc1NC(C)c1cnccn1. The van der Waals surface area contributed by atoms with Crippen molar-refractivity contribution in [2.24, 2.45) is 0 Å². The normalized spacial score (nSPS) is 13.9. The molecular weight excluding hydrogens is 226 g/mol. The van der Waals surface area contributed by atoms with Gasteiger partial charge in [0.25, 0.3) is 0 Å². The molecule has 1 aromatic carbocycles. The smallest absolute Gasteiger partial charge is 0.0806 e. The number of nitrogens with zero attached hydrogens (tertiary/aromatic N) is 2. The number of anilines is 1. The Morgan fingerprint density at radius 1 is 1.17 bits per heavy atom. The number of aliphatic hydroxyl groups excluding tert-OH is 1. The second kappa shape index (κ2) is 5.60. The highest BCUT2D eigenvalue weighted by Gasteiger charge is 2.11. The lowest BCUT2D eigenvalue weighted by Gasteiger charge is -2.18. The molecule has 2 unspecified atom stereocenters. The average Bonchev–Trinajstić information content (AvgIpc) is 2.40. The zero-order valence-electron chi connectivity index (χ0n) is 10.5. The van der Waals surface area contributed by atoms with Crippen molar-refractivity contribution in [3.8, 4) is 0 Å². The molecule has 0 aliphatic carbocycles. The van der Waals surface area contributed by atoms with Gasteiger partial charge in [0, 0.05) is 23.6 Å². The van der Waals surface area contributed by atoms with Gasteiger partial charge in [-0.1, -0.05) is 18.2 Å². The summed E-state index contributed by atoms with van der Waals surface area (Å²) in [5, 5.41) is 13.1. The molecule has 0 spiro atoms. The Morgan fingerprint density at radius 3 is 2.61 bits per heavy atom. The largest absolute Gasteiger partial charge is 0.389 e. The molecule has 0 radical (unpaired) electrons. The first-order valence-electron chi connectivity index (χ1n) is 5.98. The van der Waals surface area contributed by atoms with E-state index in [1.165, 1.54) is 0 Å². The maximum absolute atomic E-state index is 9.72. The summed E-state index contributed by atoms with van der Waals surface area (Å²) in [6.45, 7) is 3.77. The highest BCUT2D eigenvalue weighted by Crippen LogP contribution is 2.25. The molecule has 0 aliphatic heterocycles. The molecule has 94 valence electrons. The van der Waals surface area contributed by atoms with Crippen LogP contribution in [0.5, 0.6) is 0 Å². The maximum atomic E-state index is 9.72. The van der Waals surface area contributed by atoms with Crippen LogP contribution in [0, 0.1) is 0 Å². The van der Waals surface area contributed by atoms with Crippen molar-refractivity contribution in [3.63, 3.8) is 0 Å². The Bertz CT molecular complexity index is 499. The van der Waals surface area contributed by atoms with Gasteiger partial charge in [-0.25, -0.2) is 0 Å². The lowest BCUT2D eigenvalue weighted by atomic mass is 10.1. The first-order chi connectivity index (χ1) is 8.68. The molecule has 0 fully saturated rings. The molecule has 0 bridgehead atoms. The predicted molar refractivity (Wildman–Crippen MR) is 71.1 cm³/mol. The topological polar surface area (TPSA) is 58.0 Å². The van der Waals surface area contributed by atoms with Gasteiger partial charge in [0.05, 0.1) is 24.0 Å². The minimum Gasteiger partial charge on any atom is -0.389 e. The van der Waals surface area contributed by atoms with Gasteiger partial charge >= 0.3 is 0 Å². The zero-order chi connectivity index (χ0) is 13.0. The third-order valence-corrected chi connectivity index (χ3v) is 2.81. The molecular formula is C14H17N3O. The van der Waals surface area contributed by atoms with E-state index in [1.807, 2.05) is 31.2 Å². The number of para-hydroxylation sites is 1. The lowest BCUT2D eigenvalue weighted by molar-refractivity contribution is 0.200. The fourth-order valence-electron chi connectivity index (χ4n) is 1.83. The van der Waals surface area contributed by atoms with E-state index in [4.69, 9.17) is 0 Å². The summed E-state index contributed by atoms with van der Waals surface area (Å²) in [5.74, 6) is 0. The van der Waals surface area contributed by atoms with Crippen molar-refractivity contribution in [1.29, 1.82) is 0 Å². The number of hydrogen-bond donors (Lipinski definition) is 2. The molecule has 0 aliphatic rings. The predicted octanol–water partition coefficient (Wildman–Crippen LogP) is 2.70. The first-order valence-corrected chi connectivity index (χ1v) is 5.98. The number of hydrogen-bond acceptors (Lipinski definition) is 4. The van der Waals surface area contributed by atoms with Crippen molar-refractivity contribution in [2.45, 2.75) is 26.0 Å². The van der Waals surface area contributed by atoms with Crippen molar-refractivity contribution >= 4 is 5.69 Å². The van der Waals surface area contributed by atoms with E-state index in [2.05, 4.69) is 15.3 Å². The van der Waals surface area contributed by atoms with Crippen LogP contribution in [0.3, 0.4) is 0 Å². The highest BCUT2D eigenvalue weighted by atomic mass is 16.3. The fourth-order valence-corrected chi connectivity index (χ4v) is 1.83. The van der Waals surface area contributed by atoms with Crippen LogP contribution < -0.4 is 5.32 Å². The fraction of sp³-hybridized carbons (Fsp3) is 0.286. The molecule has 2 N–H and O–H groups in total. The van der Waals surface area contributed by atoms with Gasteiger partial charge in [0.2, 0.25) is 0 Å². The maximum Gasteiger partial charge on any atom is 0.0806 e. The second-order valence-corrected chi connectivity index (χ2v) is 4.26. The number of nitrogens with one attached hydrogen (secondary N) is 1. The van der Waals surface area contributed by atoms with Crippen LogP contribution in [0.2, 0.25) is 0 Å². The van der Waals surface area contributed by atoms with E-state index in [9.17, 15) is 5.11 Å². The number of rotatable bonds is 4. The van der Waals surface area contributed by atoms with Gasteiger partial charge in [0.1, 0.15) is 0 Å². The van der Waals surface area contributed by atoms with Gasteiger partial charge in [-0.2, -0.15) is 0 Å². The van der Waals surface area contributed by atoms with Crippen LogP contribution in [-0.4, -0.2) is 15.1 Å². The molecule has 4 nitrogen and oxygen atoms in total. The third kappa shape index (κ3) is 2.84. The molecule has 0 saturated carbocycles. The summed E-state index contributed by atoms with van der Waals surface area (Å²) in [6.07, 6.45) is 4.57. The average molecular weight is 243 g/mol. The number of benzene rings is 1. The van der Waals surface area contributed by atoms with E-state index in [-0.39, 0.29) is 6.04 Å². The van der Waals surface area contributed by atoms with Crippen LogP contribution >= 0.6 is 0 Å². The summed E-state index contributed by atoms with van der Waals surface area (Å²) in [5.41, 5.74) is 2.68. The molecule has 0 saturated heterocycles. The summed E-state index contributed by atoms with van der Waals surface area (Å²) in [6, 6.07) is 7.77. The minimum absolute atomic E-state index is 0.0404. The first kappa shape index (κ1) is 12.5. The van der Waals surface area contributed by atoms with Crippen LogP contribution in [0.4, 0.5) is 5.69 Å². The monoisotopic (exact) mass is 243 g/mol. The van der Waals surface area contributed by atoms with E-state index in [1.54, 1.807) is 25.5 Å². The summed E-state index contributed by atoms with van der Waals surface area (Å²) in [7, 11) is 0. The molecule has 4 heteroatoms. The van der Waals surface area contributed by atoms with E-state index >= 15 is 0 Å². The molecule has 1 aromatic heterocycles. The molecule has 2 aromatic rings. The van der Waals surface area contributed by atoms with Crippen molar-refractivity contribution in [3.05, 3.63) is 54.1 Å². The van der Waals surface area contributed by atoms with Crippen LogP contribution in [0.15, 0.2) is 42.9 Å². The van der Waals surface area contributed by atoms with E-state index < -0.39 is 6.10 Å². The molecule has 2 rings (SSSR count). The van der Waals surface area contributed by atoms with Crippen LogP contribution in [0.25, 0.3) is 0 Å². The van der Waals surface area contributed by atoms with E-state index in [0.29, 0.717) is 0 Å². The molecule has 0 amide bonds. The summed E-state index contributed by atoms with van der Waals surface area (Å²) >= 11 is 0. The lowest BCUT2D eigenvalue weighted by Crippen LogP contribution is -2.11. The van der Waals surface area contributed by atoms with E-state index in [0.717, 1.165) is 16.9 Å². The Balaban J connectivity index is 2.19. The van der Waals surface area contributed by atoms with Gasteiger partial charge in [-0.05, 0) is 19.9 Å². The van der Waals surface area contributed by atoms with Crippen molar-refractivity contribution in [2.75, 3.05) is 5.32 Å². The Labute approximate surface area is 107 Å². The van der Waals surface area contributed by atoms with Crippen molar-refractivity contribution in [1.82, 2.24) is 9.97 Å². The van der Waals surface area contributed by atoms with Gasteiger partial charge < -0.3 is 10.4 Å². The van der Waals surface area contributed by atoms with Crippen molar-refractivity contribution < 1.29 is 5.11 Å². The Hall–Kier alpha value is -1.94. The summed E-state index contributed by atoms with van der Waals surface area (Å²) < 4.78 is 0. The van der Waals surface area contributed by atoms with Gasteiger partial charge in [-0.15, -0.1) is 0 Å². The summed E-state index contributed by atoms with van der Waals surface area (Å²) in [4.78, 5) is 8.31. The molecule has 18 heavy (non-hydrogen) atoms. The quantitative estimate of drug-likeness (QED) is 0.866. The van der Waals surface area contributed by atoms with Gasteiger partial charge in [0.15, 0.2) is 0 Å². The third-order valence-electron chi connectivity index (χ3n) is 2.81. The minimum atomic E-state index is -0.497. The number of aliphatic hydroxyl groups is 1. The Kier molecular flexibility index (Phi) is 3.89.